The van der Waals surface area contributed by atoms with Gasteiger partial charge in [0.1, 0.15) is 0 Å². The summed E-state index contributed by atoms with van der Waals surface area (Å²) in [4.78, 5) is 16.7. The van der Waals surface area contributed by atoms with E-state index in [1.54, 1.807) is 0 Å². The van der Waals surface area contributed by atoms with Crippen molar-refractivity contribution in [3.8, 4) is 0 Å². The minimum Gasteiger partial charge on any atom is -0.441 e. The normalized spacial score (nSPS) is 11.9. The zero-order chi connectivity index (χ0) is 11.9. The fourth-order valence-corrected chi connectivity index (χ4v) is 1.24. The minimum atomic E-state index is -4.58. The van der Waals surface area contributed by atoms with Crippen LogP contribution in [0.15, 0.2) is 18.5 Å². The predicted octanol–water partition coefficient (Wildman–Crippen LogP) is 2.12. The van der Waals surface area contributed by atoms with E-state index in [2.05, 4.69) is 9.97 Å². The molecule has 0 aliphatic carbocycles. The van der Waals surface area contributed by atoms with Gasteiger partial charge in [0.05, 0.1) is 15.9 Å². The summed E-state index contributed by atoms with van der Waals surface area (Å²) in [6, 6.07) is 0.674. The molecule has 16 heavy (non-hydrogen) atoms. The first-order valence-corrected chi connectivity index (χ1v) is 4.02. The summed E-state index contributed by atoms with van der Waals surface area (Å²) in [6.45, 7) is 0. The highest BCUT2D eigenvalue weighted by Gasteiger charge is 2.30. The number of aromatic nitrogens is 2. The van der Waals surface area contributed by atoms with E-state index in [4.69, 9.17) is 0 Å². The topological polar surface area (TPSA) is 70.1 Å². The maximum atomic E-state index is 12.3. The summed E-state index contributed by atoms with van der Waals surface area (Å²) in [6.07, 6.45) is -3.09. The molecule has 2 aromatic heterocycles. The van der Waals surface area contributed by atoms with Gasteiger partial charge in [-0.15, -0.1) is 0 Å². The van der Waals surface area contributed by atoms with Gasteiger partial charge in [0.25, 0.3) is 5.69 Å². The molecule has 0 unspecified atom stereocenters. The second-order valence-electron chi connectivity index (χ2n) is 2.99. The highest BCUT2D eigenvalue weighted by atomic mass is 19.4. The van der Waals surface area contributed by atoms with Crippen molar-refractivity contribution >= 4 is 16.7 Å². The van der Waals surface area contributed by atoms with Gasteiger partial charge in [-0.25, -0.2) is 0 Å². The average molecular weight is 230 g/mol. The monoisotopic (exact) mass is 230 g/mol. The van der Waals surface area contributed by atoms with E-state index in [1.807, 2.05) is 0 Å². The van der Waals surface area contributed by atoms with Crippen molar-refractivity contribution in [1.29, 1.82) is 0 Å². The number of halogens is 3. The molecule has 5 nitrogen and oxygen atoms in total. The van der Waals surface area contributed by atoms with Crippen LogP contribution in [0.3, 0.4) is 0 Å². The van der Waals surface area contributed by atoms with Crippen molar-refractivity contribution in [2.75, 3.05) is 0 Å². The standard InChI is InChI=1S/C8H3F3N3O2/c9-8(10,11)4-1-5-6(14(15)16)3-13-7(5)12-2-4/h1-3H/q-1. The summed E-state index contributed by atoms with van der Waals surface area (Å²) in [5.41, 5.74) is -1.58. The summed E-state index contributed by atoms with van der Waals surface area (Å²) >= 11 is 0. The Kier molecular flexibility index (Phi) is 2.07. The molecule has 0 aliphatic rings. The van der Waals surface area contributed by atoms with Crippen LogP contribution in [-0.2, 0) is 6.18 Å². The van der Waals surface area contributed by atoms with Crippen LogP contribution >= 0.6 is 0 Å². The van der Waals surface area contributed by atoms with Crippen LogP contribution in [0.2, 0.25) is 0 Å². The molecule has 0 fully saturated rings. The molecular formula is C8H3F3N3O2-. The van der Waals surface area contributed by atoms with E-state index >= 15 is 0 Å². The number of hydrogen-bond acceptors (Lipinski definition) is 3. The predicted molar refractivity (Wildman–Crippen MR) is 46.7 cm³/mol. The van der Waals surface area contributed by atoms with Crippen molar-refractivity contribution in [2.45, 2.75) is 6.18 Å². The number of hydrogen-bond donors (Lipinski definition) is 0. The van der Waals surface area contributed by atoms with E-state index in [9.17, 15) is 23.3 Å². The van der Waals surface area contributed by atoms with Crippen LogP contribution in [0, 0.1) is 10.1 Å². The maximum Gasteiger partial charge on any atom is 0.416 e. The zero-order valence-electron chi connectivity index (χ0n) is 7.52. The van der Waals surface area contributed by atoms with Crippen LogP contribution in [0.25, 0.3) is 11.0 Å². The number of fused-ring (bicyclic) bond motifs is 1. The number of nitrogens with zero attached hydrogens (tertiary/aromatic N) is 3. The molecule has 0 aliphatic heterocycles. The number of nitro groups is 1. The lowest BCUT2D eigenvalue weighted by molar-refractivity contribution is -0.383. The Morgan fingerprint density at radius 3 is 2.69 bits per heavy atom. The first kappa shape index (κ1) is 10.4. The van der Waals surface area contributed by atoms with Crippen LogP contribution in [0.1, 0.15) is 5.56 Å². The molecule has 0 atom stereocenters. The van der Waals surface area contributed by atoms with Crippen LogP contribution in [0.4, 0.5) is 18.9 Å². The highest BCUT2D eigenvalue weighted by Crippen LogP contribution is 2.32. The van der Waals surface area contributed by atoms with Gasteiger partial charge in [0.15, 0.2) is 0 Å². The molecule has 2 heterocycles. The molecular weight excluding hydrogens is 227 g/mol. The van der Waals surface area contributed by atoms with Gasteiger partial charge in [-0.3, -0.25) is 10.1 Å². The fourth-order valence-electron chi connectivity index (χ4n) is 1.24. The number of alkyl halides is 3. The van der Waals surface area contributed by atoms with Gasteiger partial charge in [-0.2, -0.15) is 13.2 Å². The molecule has 84 valence electrons. The van der Waals surface area contributed by atoms with E-state index in [1.165, 1.54) is 0 Å². The van der Waals surface area contributed by atoms with Gasteiger partial charge < -0.3 is 9.97 Å². The highest BCUT2D eigenvalue weighted by molar-refractivity contribution is 5.86. The second kappa shape index (κ2) is 3.19. The van der Waals surface area contributed by atoms with Crippen molar-refractivity contribution in [2.24, 2.45) is 0 Å². The smallest absolute Gasteiger partial charge is 0.416 e. The Balaban J connectivity index is 2.68. The van der Waals surface area contributed by atoms with Crippen LogP contribution in [0.5, 0.6) is 0 Å². The third kappa shape index (κ3) is 1.58. The summed E-state index contributed by atoms with van der Waals surface area (Å²) in [7, 11) is 0. The first-order valence-electron chi connectivity index (χ1n) is 4.02. The Hall–Kier alpha value is -2.12. The summed E-state index contributed by atoms with van der Waals surface area (Å²) < 4.78 is 37.0. The Morgan fingerprint density at radius 2 is 2.12 bits per heavy atom. The van der Waals surface area contributed by atoms with Crippen molar-refractivity contribution < 1.29 is 18.1 Å². The third-order valence-corrected chi connectivity index (χ3v) is 1.98. The lowest BCUT2D eigenvalue weighted by atomic mass is 10.2. The zero-order valence-corrected chi connectivity index (χ0v) is 7.52. The lowest BCUT2D eigenvalue weighted by Gasteiger charge is -2.08. The molecule has 0 saturated carbocycles. The van der Waals surface area contributed by atoms with Gasteiger partial charge in [0.2, 0.25) is 0 Å². The number of rotatable bonds is 1. The molecule has 0 aromatic carbocycles. The van der Waals surface area contributed by atoms with E-state index in [0.717, 1.165) is 6.20 Å². The van der Waals surface area contributed by atoms with Crippen LogP contribution in [-0.4, -0.2) is 9.91 Å². The maximum absolute atomic E-state index is 12.3. The third-order valence-electron chi connectivity index (χ3n) is 1.98. The molecule has 0 bridgehead atoms. The largest absolute Gasteiger partial charge is 0.441 e. The number of pyridine rings is 1. The van der Waals surface area contributed by atoms with Gasteiger partial charge in [-0.05, 0) is 11.7 Å². The average Bonchev–Trinajstić information content (AvgIpc) is 2.58. The first-order chi connectivity index (χ1) is 7.39. The Bertz CT molecular complexity index is 561. The Morgan fingerprint density at radius 1 is 1.44 bits per heavy atom. The molecule has 2 rings (SSSR count). The summed E-state index contributed by atoms with van der Waals surface area (Å²) in [5, 5.41) is 10.3. The van der Waals surface area contributed by atoms with Gasteiger partial charge in [-0.1, -0.05) is 6.20 Å². The van der Waals surface area contributed by atoms with E-state index in [-0.39, 0.29) is 11.0 Å². The molecule has 2 aromatic rings. The molecule has 0 N–H and O–H groups in total. The fraction of sp³-hybridized carbons (Fsp3) is 0.125. The quantitative estimate of drug-likeness (QED) is 0.555. The lowest BCUT2D eigenvalue weighted by Crippen LogP contribution is -2.05. The van der Waals surface area contributed by atoms with E-state index in [0.29, 0.717) is 12.3 Å². The van der Waals surface area contributed by atoms with Gasteiger partial charge >= 0.3 is 6.18 Å². The van der Waals surface area contributed by atoms with Crippen molar-refractivity contribution in [3.63, 3.8) is 0 Å². The van der Waals surface area contributed by atoms with Crippen molar-refractivity contribution in [1.82, 2.24) is 9.97 Å². The van der Waals surface area contributed by atoms with E-state index < -0.39 is 22.4 Å². The van der Waals surface area contributed by atoms with Crippen LogP contribution < -0.4 is 4.98 Å². The van der Waals surface area contributed by atoms with Crippen molar-refractivity contribution in [3.05, 3.63) is 34.1 Å². The minimum absolute atomic E-state index is 0.0697. The second-order valence-corrected chi connectivity index (χ2v) is 2.99. The SMILES string of the molecule is O=[N+]([O-])c1c[n-]c2ncc(C(F)(F)F)cc12. The molecule has 8 heteroatoms. The van der Waals surface area contributed by atoms with Gasteiger partial charge in [0, 0.05) is 6.20 Å². The molecule has 0 amide bonds. The Labute approximate surface area is 86.1 Å². The molecule has 0 spiro atoms. The molecule has 0 radical (unpaired) electrons. The summed E-state index contributed by atoms with van der Waals surface area (Å²) in [5.74, 6) is 0. The molecule has 0 saturated heterocycles.